The van der Waals surface area contributed by atoms with Crippen LogP contribution < -0.4 is 5.32 Å². The fourth-order valence-corrected chi connectivity index (χ4v) is 1.18. The van der Waals surface area contributed by atoms with E-state index >= 15 is 0 Å². The molecule has 84 valence electrons. The van der Waals surface area contributed by atoms with E-state index in [4.69, 9.17) is 5.11 Å². The van der Waals surface area contributed by atoms with Gasteiger partial charge in [0.2, 0.25) is 5.91 Å². The van der Waals surface area contributed by atoms with Gasteiger partial charge in [0.1, 0.15) is 5.71 Å². The summed E-state index contributed by atoms with van der Waals surface area (Å²) >= 11 is 0. The molecule has 0 saturated carbocycles. The second kappa shape index (κ2) is 4.88. The maximum atomic E-state index is 11.5. The topological polar surface area (TPSA) is 82.0 Å². The van der Waals surface area contributed by atoms with Gasteiger partial charge in [0.05, 0.1) is 6.10 Å². The van der Waals surface area contributed by atoms with Crippen LogP contribution in [0, 0.1) is 0 Å². The summed E-state index contributed by atoms with van der Waals surface area (Å²) in [5.74, 6) is -0.419. The van der Waals surface area contributed by atoms with Crippen molar-refractivity contribution >= 4 is 17.5 Å². The Morgan fingerprint density at radius 2 is 2.33 bits per heavy atom. The first-order chi connectivity index (χ1) is 7.00. The smallest absolute Gasteiger partial charge is 0.267 e. The Hall–Kier alpha value is -1.43. The van der Waals surface area contributed by atoms with Crippen LogP contribution in [0.25, 0.3) is 0 Å². The van der Waals surface area contributed by atoms with Crippen LogP contribution in [-0.4, -0.2) is 47.3 Å². The SMILES string of the molecule is CC(O)CNC(=O)C1=NN(C)C(=O)CC1. The van der Waals surface area contributed by atoms with Crippen molar-refractivity contribution in [1.82, 2.24) is 10.3 Å². The van der Waals surface area contributed by atoms with Crippen molar-refractivity contribution in [2.24, 2.45) is 5.10 Å². The number of hydrogen-bond donors (Lipinski definition) is 2. The quantitative estimate of drug-likeness (QED) is 0.637. The second-order valence-corrected chi connectivity index (χ2v) is 3.52. The number of amides is 2. The monoisotopic (exact) mass is 213 g/mol. The second-order valence-electron chi connectivity index (χ2n) is 3.52. The summed E-state index contributed by atoms with van der Waals surface area (Å²) in [7, 11) is 1.52. The van der Waals surface area contributed by atoms with Crippen molar-refractivity contribution in [3.8, 4) is 0 Å². The van der Waals surface area contributed by atoms with E-state index in [-0.39, 0.29) is 18.4 Å². The third-order valence-electron chi connectivity index (χ3n) is 2.03. The highest BCUT2D eigenvalue weighted by molar-refractivity contribution is 6.39. The third-order valence-corrected chi connectivity index (χ3v) is 2.03. The molecule has 0 aromatic heterocycles. The van der Waals surface area contributed by atoms with Gasteiger partial charge in [-0.25, -0.2) is 5.01 Å². The van der Waals surface area contributed by atoms with E-state index in [0.29, 0.717) is 18.6 Å². The normalized spacial score (nSPS) is 18.5. The van der Waals surface area contributed by atoms with Crippen molar-refractivity contribution < 1.29 is 14.7 Å². The lowest BCUT2D eigenvalue weighted by Gasteiger charge is -2.19. The molecule has 0 aliphatic carbocycles. The molecule has 0 saturated heterocycles. The van der Waals surface area contributed by atoms with Crippen LogP contribution in [0.15, 0.2) is 5.10 Å². The summed E-state index contributed by atoms with van der Waals surface area (Å²) in [6, 6.07) is 0. The van der Waals surface area contributed by atoms with E-state index in [2.05, 4.69) is 10.4 Å². The fraction of sp³-hybridized carbons (Fsp3) is 0.667. The predicted molar refractivity (Wildman–Crippen MR) is 54.1 cm³/mol. The van der Waals surface area contributed by atoms with Crippen LogP contribution >= 0.6 is 0 Å². The van der Waals surface area contributed by atoms with Gasteiger partial charge in [-0.3, -0.25) is 9.59 Å². The van der Waals surface area contributed by atoms with E-state index < -0.39 is 6.10 Å². The van der Waals surface area contributed by atoms with Crippen molar-refractivity contribution in [3.63, 3.8) is 0 Å². The maximum absolute atomic E-state index is 11.5. The molecule has 6 nitrogen and oxygen atoms in total. The van der Waals surface area contributed by atoms with Crippen LogP contribution in [0.4, 0.5) is 0 Å². The lowest BCUT2D eigenvalue weighted by Crippen LogP contribution is -2.39. The average Bonchev–Trinajstić information content (AvgIpc) is 2.18. The van der Waals surface area contributed by atoms with Crippen LogP contribution in [0.1, 0.15) is 19.8 Å². The first-order valence-corrected chi connectivity index (χ1v) is 4.81. The van der Waals surface area contributed by atoms with Gasteiger partial charge >= 0.3 is 0 Å². The van der Waals surface area contributed by atoms with Gasteiger partial charge in [0.15, 0.2) is 0 Å². The van der Waals surface area contributed by atoms with E-state index in [0.717, 1.165) is 0 Å². The molecule has 15 heavy (non-hydrogen) atoms. The Kier molecular flexibility index (Phi) is 3.79. The number of nitrogens with zero attached hydrogens (tertiary/aromatic N) is 2. The fourth-order valence-electron chi connectivity index (χ4n) is 1.18. The van der Waals surface area contributed by atoms with Gasteiger partial charge in [-0.15, -0.1) is 0 Å². The molecule has 1 aliphatic heterocycles. The van der Waals surface area contributed by atoms with Crippen LogP contribution in [0.2, 0.25) is 0 Å². The minimum absolute atomic E-state index is 0.0953. The summed E-state index contributed by atoms with van der Waals surface area (Å²) in [5, 5.41) is 16.5. The Labute approximate surface area is 87.9 Å². The van der Waals surface area contributed by atoms with Gasteiger partial charge in [-0.05, 0) is 6.92 Å². The van der Waals surface area contributed by atoms with Crippen molar-refractivity contribution in [1.29, 1.82) is 0 Å². The molecule has 1 aliphatic rings. The highest BCUT2D eigenvalue weighted by atomic mass is 16.3. The largest absolute Gasteiger partial charge is 0.392 e. The summed E-state index contributed by atoms with van der Waals surface area (Å²) in [6.45, 7) is 1.77. The third kappa shape index (κ3) is 3.32. The van der Waals surface area contributed by atoms with Gasteiger partial charge in [-0.1, -0.05) is 0 Å². The number of hydrogen-bond acceptors (Lipinski definition) is 4. The lowest BCUT2D eigenvalue weighted by atomic mass is 10.1. The highest BCUT2D eigenvalue weighted by Gasteiger charge is 2.21. The minimum Gasteiger partial charge on any atom is -0.392 e. The predicted octanol–water partition coefficient (Wildman–Crippen LogP) is -0.908. The van der Waals surface area contributed by atoms with Crippen molar-refractivity contribution in [2.75, 3.05) is 13.6 Å². The van der Waals surface area contributed by atoms with Crippen molar-refractivity contribution in [3.05, 3.63) is 0 Å². The Morgan fingerprint density at radius 1 is 1.67 bits per heavy atom. The molecular weight excluding hydrogens is 198 g/mol. The van der Waals surface area contributed by atoms with Gasteiger partial charge in [0.25, 0.3) is 5.91 Å². The molecule has 6 heteroatoms. The van der Waals surface area contributed by atoms with Gasteiger partial charge in [-0.2, -0.15) is 5.10 Å². The van der Waals surface area contributed by atoms with Crippen LogP contribution in [-0.2, 0) is 9.59 Å². The summed E-state index contributed by atoms with van der Waals surface area (Å²) in [5.41, 5.74) is 0.331. The van der Waals surface area contributed by atoms with Crippen LogP contribution in [0.3, 0.4) is 0 Å². The zero-order valence-corrected chi connectivity index (χ0v) is 8.86. The molecule has 0 bridgehead atoms. The number of carbonyl (C=O) groups excluding carboxylic acids is 2. The van der Waals surface area contributed by atoms with Crippen molar-refractivity contribution in [2.45, 2.75) is 25.9 Å². The number of aliphatic hydroxyl groups excluding tert-OH is 1. The molecule has 0 aromatic carbocycles. The van der Waals surface area contributed by atoms with E-state index in [9.17, 15) is 9.59 Å². The Balaban J connectivity index is 2.53. The van der Waals surface area contributed by atoms with Gasteiger partial charge in [0, 0.05) is 26.4 Å². The lowest BCUT2D eigenvalue weighted by molar-refractivity contribution is -0.130. The molecule has 0 fully saturated rings. The molecule has 2 N–H and O–H groups in total. The number of carbonyl (C=O) groups is 2. The molecule has 1 rings (SSSR count). The standard InChI is InChI=1S/C9H15N3O3/c1-6(13)5-10-9(15)7-3-4-8(14)12(2)11-7/h6,13H,3-5H2,1-2H3,(H,10,15). The molecule has 0 radical (unpaired) electrons. The minimum atomic E-state index is -0.586. The van der Waals surface area contributed by atoms with Gasteiger partial charge < -0.3 is 10.4 Å². The molecule has 1 unspecified atom stereocenters. The molecule has 2 amide bonds. The van der Waals surface area contributed by atoms with E-state index in [1.807, 2.05) is 0 Å². The number of nitrogens with one attached hydrogen (secondary N) is 1. The van der Waals surface area contributed by atoms with Crippen LogP contribution in [0.5, 0.6) is 0 Å². The first-order valence-electron chi connectivity index (χ1n) is 4.81. The molecule has 0 spiro atoms. The number of aliphatic hydroxyl groups is 1. The van der Waals surface area contributed by atoms with E-state index in [1.54, 1.807) is 6.92 Å². The molecule has 0 aromatic rings. The summed E-state index contributed by atoms with van der Waals surface area (Å²) < 4.78 is 0. The maximum Gasteiger partial charge on any atom is 0.267 e. The zero-order chi connectivity index (χ0) is 11.4. The summed E-state index contributed by atoms with van der Waals surface area (Å²) in [6.07, 6.45) is 0.0733. The van der Waals surface area contributed by atoms with E-state index in [1.165, 1.54) is 12.1 Å². The zero-order valence-electron chi connectivity index (χ0n) is 8.86. The summed E-state index contributed by atoms with van der Waals surface area (Å²) in [4.78, 5) is 22.5. The first kappa shape index (κ1) is 11.6. The Morgan fingerprint density at radius 3 is 2.87 bits per heavy atom. The molecule has 1 atom stereocenters. The highest BCUT2D eigenvalue weighted by Crippen LogP contribution is 2.06. The number of rotatable bonds is 3. The average molecular weight is 213 g/mol. The molecule has 1 heterocycles. The number of hydrazone groups is 1. The molecular formula is C9H15N3O3. The Bertz CT molecular complexity index is 299.